The maximum absolute atomic E-state index is 12.3. The lowest BCUT2D eigenvalue weighted by molar-refractivity contribution is -0.274. The highest BCUT2D eigenvalue weighted by Gasteiger charge is 2.31. The summed E-state index contributed by atoms with van der Waals surface area (Å²) in [7, 11) is 5.82. The summed E-state index contributed by atoms with van der Waals surface area (Å²) in [5, 5.41) is 0. The predicted molar refractivity (Wildman–Crippen MR) is 76.1 cm³/mol. The van der Waals surface area contributed by atoms with Crippen molar-refractivity contribution < 1.29 is 17.9 Å². The zero-order valence-corrected chi connectivity index (χ0v) is 12.5. The Kier molecular flexibility index (Phi) is 6.44. The van der Waals surface area contributed by atoms with Gasteiger partial charge in [0.25, 0.3) is 0 Å². The van der Waals surface area contributed by atoms with Crippen LogP contribution in [-0.4, -0.2) is 56.9 Å². The number of likely N-dealkylation sites (N-methyl/N-ethyl adjacent to an activating group) is 2. The second kappa shape index (κ2) is 7.63. The molecule has 0 fully saturated rings. The van der Waals surface area contributed by atoms with E-state index in [-0.39, 0.29) is 11.8 Å². The second-order valence-corrected chi connectivity index (χ2v) is 5.16. The standard InChI is InChI=1S/C14H22F3N3O/c1-19(2)7-8-20(3)13(10-18)11-5-4-6-12(9-11)21-14(15,16)17/h4-6,9,13H,7-8,10,18H2,1-3H3. The smallest absolute Gasteiger partial charge is 0.406 e. The first-order chi connectivity index (χ1) is 9.73. The third-order valence-electron chi connectivity index (χ3n) is 3.13. The van der Waals surface area contributed by atoms with Crippen LogP contribution in [0.25, 0.3) is 0 Å². The van der Waals surface area contributed by atoms with Crippen molar-refractivity contribution >= 4 is 0 Å². The monoisotopic (exact) mass is 305 g/mol. The van der Waals surface area contributed by atoms with E-state index in [0.717, 1.165) is 13.1 Å². The lowest BCUT2D eigenvalue weighted by Gasteiger charge is -2.28. The van der Waals surface area contributed by atoms with Crippen LogP contribution >= 0.6 is 0 Å². The van der Waals surface area contributed by atoms with E-state index < -0.39 is 6.36 Å². The summed E-state index contributed by atoms with van der Waals surface area (Å²) in [6, 6.07) is 5.81. The van der Waals surface area contributed by atoms with Crippen LogP contribution in [0.4, 0.5) is 13.2 Å². The number of hydrogen-bond acceptors (Lipinski definition) is 4. The molecule has 0 saturated heterocycles. The number of hydrogen-bond donors (Lipinski definition) is 1. The van der Waals surface area contributed by atoms with E-state index in [1.54, 1.807) is 12.1 Å². The molecule has 120 valence electrons. The SMILES string of the molecule is CN(C)CCN(C)C(CN)c1cccc(OC(F)(F)F)c1. The van der Waals surface area contributed by atoms with Gasteiger partial charge in [0.1, 0.15) is 5.75 Å². The molecule has 0 saturated carbocycles. The normalized spacial score (nSPS) is 13.8. The van der Waals surface area contributed by atoms with Crippen LogP contribution in [0.5, 0.6) is 5.75 Å². The fraction of sp³-hybridized carbons (Fsp3) is 0.571. The van der Waals surface area contributed by atoms with Gasteiger partial charge < -0.3 is 15.4 Å². The molecule has 4 nitrogen and oxygen atoms in total. The molecule has 0 radical (unpaired) electrons. The van der Waals surface area contributed by atoms with Crippen LogP contribution in [0.1, 0.15) is 11.6 Å². The maximum Gasteiger partial charge on any atom is 0.573 e. The van der Waals surface area contributed by atoms with Crippen LogP contribution in [0.2, 0.25) is 0 Å². The number of ether oxygens (including phenoxy) is 1. The average Bonchev–Trinajstić information content (AvgIpc) is 2.35. The third-order valence-corrected chi connectivity index (χ3v) is 3.13. The van der Waals surface area contributed by atoms with Crippen molar-refractivity contribution in [3.8, 4) is 5.75 Å². The summed E-state index contributed by atoms with van der Waals surface area (Å²) in [5.41, 5.74) is 6.48. The molecule has 0 bridgehead atoms. The molecule has 21 heavy (non-hydrogen) atoms. The van der Waals surface area contributed by atoms with Crippen molar-refractivity contribution in [2.75, 3.05) is 40.8 Å². The number of rotatable bonds is 7. The van der Waals surface area contributed by atoms with E-state index in [0.29, 0.717) is 12.1 Å². The van der Waals surface area contributed by atoms with Crippen molar-refractivity contribution in [2.45, 2.75) is 12.4 Å². The van der Waals surface area contributed by atoms with Gasteiger partial charge in [-0.2, -0.15) is 0 Å². The van der Waals surface area contributed by atoms with Crippen LogP contribution in [0.3, 0.4) is 0 Å². The molecular weight excluding hydrogens is 283 g/mol. The Balaban J connectivity index is 2.83. The summed E-state index contributed by atoms with van der Waals surface area (Å²) in [5.74, 6) is -0.223. The first-order valence-corrected chi connectivity index (χ1v) is 6.63. The molecule has 1 rings (SSSR count). The van der Waals surface area contributed by atoms with Crippen LogP contribution in [0, 0.1) is 0 Å². The number of nitrogens with two attached hydrogens (primary N) is 1. The third kappa shape index (κ3) is 6.33. The average molecular weight is 305 g/mol. The quantitative estimate of drug-likeness (QED) is 0.837. The van der Waals surface area contributed by atoms with Crippen LogP contribution in [0.15, 0.2) is 24.3 Å². The van der Waals surface area contributed by atoms with Gasteiger partial charge in [0, 0.05) is 25.7 Å². The first kappa shape index (κ1) is 17.7. The Labute approximate surface area is 123 Å². The van der Waals surface area contributed by atoms with Gasteiger partial charge in [-0.1, -0.05) is 12.1 Å². The van der Waals surface area contributed by atoms with Gasteiger partial charge in [0.15, 0.2) is 0 Å². The molecule has 0 aromatic heterocycles. The van der Waals surface area contributed by atoms with Crippen molar-refractivity contribution in [2.24, 2.45) is 5.73 Å². The fourth-order valence-electron chi connectivity index (χ4n) is 2.00. The minimum atomic E-state index is -4.69. The summed E-state index contributed by atoms with van der Waals surface area (Å²) < 4.78 is 40.7. The van der Waals surface area contributed by atoms with Crippen molar-refractivity contribution in [3.05, 3.63) is 29.8 Å². The molecule has 1 aromatic carbocycles. The van der Waals surface area contributed by atoms with Gasteiger partial charge in [-0.15, -0.1) is 13.2 Å². The Morgan fingerprint density at radius 3 is 2.38 bits per heavy atom. The summed E-state index contributed by atoms with van der Waals surface area (Å²) in [4.78, 5) is 4.06. The minimum Gasteiger partial charge on any atom is -0.406 e. The molecule has 0 aliphatic heterocycles. The maximum atomic E-state index is 12.3. The molecule has 7 heteroatoms. The molecule has 1 unspecified atom stereocenters. The van der Waals surface area contributed by atoms with Gasteiger partial charge in [0.2, 0.25) is 0 Å². The van der Waals surface area contributed by atoms with E-state index in [9.17, 15) is 13.2 Å². The molecule has 2 N–H and O–H groups in total. The van der Waals surface area contributed by atoms with Gasteiger partial charge in [-0.25, -0.2) is 0 Å². The van der Waals surface area contributed by atoms with Gasteiger partial charge in [0.05, 0.1) is 0 Å². The van der Waals surface area contributed by atoms with Gasteiger partial charge >= 0.3 is 6.36 Å². The zero-order valence-electron chi connectivity index (χ0n) is 12.5. The fourth-order valence-corrected chi connectivity index (χ4v) is 2.00. The first-order valence-electron chi connectivity index (χ1n) is 6.63. The zero-order chi connectivity index (χ0) is 16.0. The van der Waals surface area contributed by atoms with E-state index in [2.05, 4.69) is 4.74 Å². The van der Waals surface area contributed by atoms with E-state index in [1.807, 2.05) is 30.9 Å². The van der Waals surface area contributed by atoms with E-state index >= 15 is 0 Å². The van der Waals surface area contributed by atoms with E-state index in [4.69, 9.17) is 5.73 Å². The summed E-state index contributed by atoms with van der Waals surface area (Å²) in [6.45, 7) is 1.92. The van der Waals surface area contributed by atoms with Gasteiger partial charge in [-0.05, 0) is 38.8 Å². The van der Waals surface area contributed by atoms with Crippen molar-refractivity contribution in [1.82, 2.24) is 9.80 Å². The summed E-state index contributed by atoms with van der Waals surface area (Å²) in [6.07, 6.45) is -4.69. The number of halogens is 3. The predicted octanol–water partition coefficient (Wildman–Crippen LogP) is 2.08. The molecule has 0 spiro atoms. The molecule has 0 aliphatic rings. The van der Waals surface area contributed by atoms with Gasteiger partial charge in [-0.3, -0.25) is 4.90 Å². The second-order valence-electron chi connectivity index (χ2n) is 5.16. The molecule has 1 atom stereocenters. The highest BCUT2D eigenvalue weighted by atomic mass is 19.4. The van der Waals surface area contributed by atoms with Crippen LogP contribution < -0.4 is 10.5 Å². The molecule has 1 aromatic rings. The van der Waals surface area contributed by atoms with Crippen LogP contribution in [-0.2, 0) is 0 Å². The Bertz CT molecular complexity index is 438. The molecule has 0 amide bonds. The highest BCUT2D eigenvalue weighted by Crippen LogP contribution is 2.27. The van der Waals surface area contributed by atoms with Crippen molar-refractivity contribution in [3.63, 3.8) is 0 Å². The Morgan fingerprint density at radius 1 is 1.19 bits per heavy atom. The Morgan fingerprint density at radius 2 is 1.86 bits per heavy atom. The largest absolute Gasteiger partial charge is 0.573 e. The number of alkyl halides is 3. The Hall–Kier alpha value is -1.31. The summed E-state index contributed by atoms with van der Waals surface area (Å²) >= 11 is 0. The lowest BCUT2D eigenvalue weighted by Crippen LogP contribution is -2.35. The lowest BCUT2D eigenvalue weighted by atomic mass is 10.1. The molecular formula is C14H22F3N3O. The number of benzene rings is 1. The topological polar surface area (TPSA) is 41.7 Å². The highest BCUT2D eigenvalue weighted by molar-refractivity contribution is 5.31. The molecule has 0 aliphatic carbocycles. The van der Waals surface area contributed by atoms with Crippen molar-refractivity contribution in [1.29, 1.82) is 0 Å². The number of nitrogens with zero attached hydrogens (tertiary/aromatic N) is 2. The van der Waals surface area contributed by atoms with E-state index in [1.165, 1.54) is 12.1 Å². The minimum absolute atomic E-state index is 0.151. The molecule has 0 heterocycles.